The third kappa shape index (κ3) is 4.84. The lowest BCUT2D eigenvalue weighted by atomic mass is 10.2. The Balaban J connectivity index is 1.94. The molecule has 0 radical (unpaired) electrons. The zero-order valence-electron chi connectivity index (χ0n) is 13.4. The van der Waals surface area contributed by atoms with E-state index in [-0.39, 0.29) is 5.75 Å². The van der Waals surface area contributed by atoms with E-state index in [0.717, 1.165) is 16.6 Å². The van der Waals surface area contributed by atoms with Crippen LogP contribution in [-0.2, 0) is 9.84 Å². The number of benzene rings is 2. The Kier molecular flexibility index (Phi) is 5.46. The van der Waals surface area contributed by atoms with E-state index < -0.39 is 9.84 Å². The van der Waals surface area contributed by atoms with Gasteiger partial charge in [-0.3, -0.25) is 0 Å². The van der Waals surface area contributed by atoms with Crippen molar-refractivity contribution in [1.82, 2.24) is 9.97 Å². The van der Waals surface area contributed by atoms with Gasteiger partial charge >= 0.3 is 0 Å². The normalized spacial score (nSPS) is 11.6. The second kappa shape index (κ2) is 7.59. The molecule has 130 valence electrons. The van der Waals surface area contributed by atoms with E-state index in [2.05, 4.69) is 15.3 Å². The lowest BCUT2D eigenvalue weighted by molar-refractivity contribution is 0.603. The third-order valence-electron chi connectivity index (χ3n) is 3.39. The first-order valence-corrected chi connectivity index (χ1v) is 10.9. The second-order valence-corrected chi connectivity index (χ2v) is 9.18. The number of nitrogens with zero attached hydrogens (tertiary/aromatic N) is 2. The Morgan fingerprint density at radius 3 is 2.56 bits per heavy atom. The maximum absolute atomic E-state index is 11.3. The predicted octanol–water partition coefficient (Wildman–Crippen LogP) is 4.16. The van der Waals surface area contributed by atoms with Crippen LogP contribution in [0.2, 0.25) is 5.02 Å². The van der Waals surface area contributed by atoms with Crippen LogP contribution in [-0.4, -0.2) is 36.1 Å². The molecule has 2 aromatic carbocycles. The second-order valence-electron chi connectivity index (χ2n) is 5.46. The van der Waals surface area contributed by atoms with E-state index in [0.29, 0.717) is 21.7 Å². The zero-order valence-corrected chi connectivity index (χ0v) is 15.8. The van der Waals surface area contributed by atoms with Crippen molar-refractivity contribution in [2.75, 3.05) is 23.1 Å². The number of halogens is 1. The molecule has 0 amide bonds. The minimum atomic E-state index is -3.01. The molecule has 5 nitrogen and oxygen atoms in total. The van der Waals surface area contributed by atoms with Crippen molar-refractivity contribution in [3.05, 3.63) is 53.6 Å². The fourth-order valence-corrected chi connectivity index (χ4v) is 4.42. The molecule has 0 atom stereocenters. The van der Waals surface area contributed by atoms with E-state index in [1.165, 1.54) is 18.0 Å². The van der Waals surface area contributed by atoms with E-state index in [4.69, 9.17) is 11.6 Å². The predicted molar refractivity (Wildman–Crippen MR) is 105 cm³/mol. The highest BCUT2D eigenvalue weighted by Crippen LogP contribution is 2.29. The first kappa shape index (κ1) is 18.0. The van der Waals surface area contributed by atoms with E-state index in [1.807, 2.05) is 42.5 Å². The molecule has 1 heterocycles. The smallest absolute Gasteiger partial charge is 0.190 e. The van der Waals surface area contributed by atoms with Gasteiger partial charge in [-0.2, -0.15) is 0 Å². The maximum atomic E-state index is 11.3. The van der Waals surface area contributed by atoms with E-state index in [1.54, 1.807) is 6.07 Å². The highest BCUT2D eigenvalue weighted by Gasteiger charge is 2.11. The molecule has 1 aromatic heterocycles. The molecule has 3 rings (SSSR count). The van der Waals surface area contributed by atoms with Gasteiger partial charge in [0.1, 0.15) is 15.7 Å². The number of fused-ring (bicyclic) bond motifs is 1. The number of thioether (sulfide) groups is 1. The molecule has 0 bridgehead atoms. The van der Waals surface area contributed by atoms with Crippen LogP contribution in [0.15, 0.2) is 53.7 Å². The lowest BCUT2D eigenvalue weighted by Gasteiger charge is -2.11. The maximum Gasteiger partial charge on any atom is 0.190 e. The molecule has 0 aliphatic rings. The SMILES string of the molecule is CS(=O)(=O)CCSc1nc(Nc2ccccc2Cl)c2ccccc2n1. The largest absolute Gasteiger partial charge is 0.338 e. The van der Waals surface area contributed by atoms with Crippen molar-refractivity contribution in [1.29, 1.82) is 0 Å². The Bertz CT molecular complexity index is 1010. The highest BCUT2D eigenvalue weighted by atomic mass is 35.5. The number of nitrogens with one attached hydrogen (secondary N) is 1. The van der Waals surface area contributed by atoms with Crippen LogP contribution in [0, 0.1) is 0 Å². The van der Waals surface area contributed by atoms with Gasteiger partial charge in [0, 0.05) is 17.4 Å². The zero-order chi connectivity index (χ0) is 17.9. The number of aromatic nitrogens is 2. The standard InChI is InChI=1S/C17H16ClN3O2S2/c1-25(22,23)11-10-24-17-20-14-8-4-2-6-12(14)16(21-17)19-15-9-5-3-7-13(15)18/h2-9H,10-11H2,1H3,(H,19,20,21). The summed E-state index contributed by atoms with van der Waals surface area (Å²) in [5.74, 6) is 1.13. The van der Waals surface area contributed by atoms with Gasteiger partial charge in [-0.05, 0) is 24.3 Å². The average Bonchev–Trinajstić information content (AvgIpc) is 2.56. The number of para-hydroxylation sites is 2. The fraction of sp³-hybridized carbons (Fsp3) is 0.176. The summed E-state index contributed by atoms with van der Waals surface area (Å²) in [7, 11) is -3.01. The quantitative estimate of drug-likeness (QED) is 0.500. The van der Waals surface area contributed by atoms with Crippen LogP contribution in [0.1, 0.15) is 0 Å². The average molecular weight is 394 g/mol. The van der Waals surface area contributed by atoms with Crippen molar-refractivity contribution < 1.29 is 8.42 Å². The fourth-order valence-electron chi connectivity index (χ4n) is 2.19. The first-order valence-electron chi connectivity index (χ1n) is 7.51. The van der Waals surface area contributed by atoms with Crippen LogP contribution in [0.25, 0.3) is 10.9 Å². The molecule has 0 aliphatic heterocycles. The molecule has 0 unspecified atom stereocenters. The first-order chi connectivity index (χ1) is 11.9. The number of anilines is 2. The Labute approximate surface area is 155 Å². The molecule has 8 heteroatoms. The Hall–Kier alpha value is -1.83. The van der Waals surface area contributed by atoms with E-state index >= 15 is 0 Å². The summed E-state index contributed by atoms with van der Waals surface area (Å²) in [6, 6.07) is 15.1. The summed E-state index contributed by atoms with van der Waals surface area (Å²) in [5.41, 5.74) is 1.54. The summed E-state index contributed by atoms with van der Waals surface area (Å²) >= 11 is 7.54. The molecule has 25 heavy (non-hydrogen) atoms. The van der Waals surface area contributed by atoms with Crippen LogP contribution in [0.4, 0.5) is 11.5 Å². The molecular formula is C17H16ClN3O2S2. The molecule has 0 aliphatic carbocycles. The van der Waals surface area contributed by atoms with Crippen molar-refractivity contribution in [2.24, 2.45) is 0 Å². The summed E-state index contributed by atoms with van der Waals surface area (Å²) in [6.45, 7) is 0. The van der Waals surface area contributed by atoms with Crippen LogP contribution < -0.4 is 5.32 Å². The molecule has 0 saturated heterocycles. The molecule has 0 fully saturated rings. The summed E-state index contributed by atoms with van der Waals surface area (Å²) in [6.07, 6.45) is 1.22. The van der Waals surface area contributed by atoms with Gasteiger partial charge in [0.05, 0.1) is 22.0 Å². The number of hydrogen-bond donors (Lipinski definition) is 1. The highest BCUT2D eigenvalue weighted by molar-refractivity contribution is 8.00. The van der Waals surface area contributed by atoms with Gasteiger partial charge in [-0.1, -0.05) is 47.6 Å². The number of rotatable bonds is 6. The Morgan fingerprint density at radius 2 is 1.80 bits per heavy atom. The van der Waals surface area contributed by atoms with Gasteiger partial charge in [0.25, 0.3) is 0 Å². The van der Waals surface area contributed by atoms with Crippen LogP contribution in [0.5, 0.6) is 0 Å². The topological polar surface area (TPSA) is 72.0 Å². The van der Waals surface area contributed by atoms with Crippen LogP contribution in [0.3, 0.4) is 0 Å². The number of hydrogen-bond acceptors (Lipinski definition) is 6. The minimum Gasteiger partial charge on any atom is -0.338 e. The van der Waals surface area contributed by atoms with Crippen LogP contribution >= 0.6 is 23.4 Å². The van der Waals surface area contributed by atoms with Crippen molar-refractivity contribution in [3.63, 3.8) is 0 Å². The monoisotopic (exact) mass is 393 g/mol. The molecule has 0 spiro atoms. The molecular weight excluding hydrogens is 378 g/mol. The van der Waals surface area contributed by atoms with Crippen molar-refractivity contribution in [2.45, 2.75) is 5.16 Å². The van der Waals surface area contributed by atoms with Gasteiger partial charge in [-0.15, -0.1) is 0 Å². The van der Waals surface area contributed by atoms with E-state index in [9.17, 15) is 8.42 Å². The molecule has 1 N–H and O–H groups in total. The summed E-state index contributed by atoms with van der Waals surface area (Å²) in [4.78, 5) is 9.05. The summed E-state index contributed by atoms with van der Waals surface area (Å²) in [5, 5.41) is 5.24. The van der Waals surface area contributed by atoms with Crippen molar-refractivity contribution in [3.8, 4) is 0 Å². The van der Waals surface area contributed by atoms with Gasteiger partial charge in [-0.25, -0.2) is 18.4 Å². The van der Waals surface area contributed by atoms with Crippen molar-refractivity contribution >= 4 is 55.6 Å². The lowest BCUT2D eigenvalue weighted by Crippen LogP contribution is -2.06. The Morgan fingerprint density at radius 1 is 1.08 bits per heavy atom. The van der Waals surface area contributed by atoms with Gasteiger partial charge in [0.15, 0.2) is 5.16 Å². The third-order valence-corrected chi connectivity index (χ3v) is 5.78. The van der Waals surface area contributed by atoms with Gasteiger partial charge < -0.3 is 5.32 Å². The number of sulfone groups is 1. The molecule has 3 aromatic rings. The summed E-state index contributed by atoms with van der Waals surface area (Å²) < 4.78 is 22.6. The minimum absolute atomic E-state index is 0.0845. The molecule has 0 saturated carbocycles. The van der Waals surface area contributed by atoms with Gasteiger partial charge in [0.2, 0.25) is 0 Å².